The fourth-order valence-electron chi connectivity index (χ4n) is 4.33. The molecule has 0 bridgehead atoms. The zero-order valence-corrected chi connectivity index (χ0v) is 25.6. The number of hydrogen-bond donors (Lipinski definition) is 1. The Hall–Kier alpha value is -2.52. The van der Waals surface area contributed by atoms with Crippen LogP contribution in [0.15, 0.2) is 5.18 Å². The molecule has 10 nitrogen and oxygen atoms in total. The molecule has 0 saturated carbocycles. The maximum Gasteiger partial charge on any atom is 0.334 e. The Labute approximate surface area is 246 Å². The molecule has 2 unspecified atom stereocenters. The Morgan fingerprint density at radius 1 is 0.610 bits per heavy atom. The number of carboxylic acids is 1. The summed E-state index contributed by atoms with van der Waals surface area (Å²) < 4.78 is 15.6. The molecule has 0 aromatic heterocycles. The number of aliphatic carboxylic acids is 1. The van der Waals surface area contributed by atoms with Crippen LogP contribution in [-0.4, -0.2) is 54.3 Å². The summed E-state index contributed by atoms with van der Waals surface area (Å²) in [5, 5.41) is 11.4. The molecule has 0 radical (unpaired) electrons. The van der Waals surface area contributed by atoms with Gasteiger partial charge in [0, 0.05) is 19.3 Å². The molecule has 0 aliphatic carbocycles. The van der Waals surface area contributed by atoms with E-state index in [0.717, 1.165) is 25.7 Å². The van der Waals surface area contributed by atoms with Crippen LogP contribution in [0.3, 0.4) is 0 Å². The molecule has 0 amide bonds. The fourth-order valence-corrected chi connectivity index (χ4v) is 4.33. The maximum atomic E-state index is 12.4. The Kier molecular flexibility index (Phi) is 25.9. The van der Waals surface area contributed by atoms with Crippen LogP contribution in [-0.2, 0) is 33.4 Å². The summed E-state index contributed by atoms with van der Waals surface area (Å²) in [5.41, 5.74) is 0. The topological polar surface area (TPSA) is 146 Å². The number of carbonyl (C=O) groups is 4. The zero-order valence-electron chi connectivity index (χ0n) is 25.6. The molecule has 0 rings (SSSR count). The van der Waals surface area contributed by atoms with E-state index in [-0.39, 0.29) is 25.9 Å². The van der Waals surface area contributed by atoms with Crippen molar-refractivity contribution >= 4 is 23.9 Å². The summed E-state index contributed by atoms with van der Waals surface area (Å²) in [5.74, 6) is -3.12. The van der Waals surface area contributed by atoms with Crippen molar-refractivity contribution in [2.45, 2.75) is 161 Å². The Balaban J connectivity index is 4.24. The van der Waals surface area contributed by atoms with Gasteiger partial charge in [-0.1, -0.05) is 115 Å². The molecule has 0 saturated heterocycles. The standard InChI is InChI=1S/C31H55NO9/c1-3-5-7-8-9-10-11-12-13-14-15-16-17-18-19-21-30(36)41-26(24-39-29(35)20-6-4-2)25-40-31(37)27(32-38)22-23-28(33)34/h26-27H,3-25H2,1-2H3,(H,33,34). The third kappa shape index (κ3) is 25.0. The molecule has 2 atom stereocenters. The fraction of sp³-hybridized carbons (Fsp3) is 0.871. The Bertz CT molecular complexity index is 714. The molecule has 238 valence electrons. The lowest BCUT2D eigenvalue weighted by molar-refractivity contribution is -0.167. The van der Waals surface area contributed by atoms with Crippen LogP contribution in [0, 0.1) is 4.91 Å². The molecule has 0 aliphatic rings. The van der Waals surface area contributed by atoms with E-state index in [2.05, 4.69) is 12.1 Å². The summed E-state index contributed by atoms with van der Waals surface area (Å²) >= 11 is 0. The first kappa shape index (κ1) is 38.5. The number of nitrogens with zero attached hydrogens (tertiary/aromatic N) is 1. The lowest BCUT2D eigenvalue weighted by Gasteiger charge is -2.19. The number of rotatable bonds is 29. The van der Waals surface area contributed by atoms with Crippen molar-refractivity contribution in [2.24, 2.45) is 5.18 Å². The maximum absolute atomic E-state index is 12.4. The van der Waals surface area contributed by atoms with Crippen LogP contribution in [0.25, 0.3) is 0 Å². The summed E-state index contributed by atoms with van der Waals surface area (Å²) in [6, 6.07) is -1.48. The number of hydrogen-bond acceptors (Lipinski definition) is 9. The highest BCUT2D eigenvalue weighted by atomic mass is 16.6. The third-order valence-electron chi connectivity index (χ3n) is 6.89. The van der Waals surface area contributed by atoms with Gasteiger partial charge in [0.25, 0.3) is 0 Å². The van der Waals surface area contributed by atoms with Crippen LogP contribution in [0.5, 0.6) is 0 Å². The molecule has 10 heteroatoms. The number of carbonyl (C=O) groups excluding carboxylic acids is 3. The minimum absolute atomic E-state index is 0.198. The lowest BCUT2D eigenvalue weighted by Crippen LogP contribution is -2.33. The SMILES string of the molecule is CCCCCCCCCCCCCCCCCC(=O)OC(COC(=O)CCCC)COC(=O)C(CCC(=O)O)N=O. The lowest BCUT2D eigenvalue weighted by atomic mass is 10.0. The monoisotopic (exact) mass is 585 g/mol. The zero-order chi connectivity index (χ0) is 30.6. The van der Waals surface area contributed by atoms with Crippen LogP contribution in [0.2, 0.25) is 0 Å². The number of unbranched alkanes of at least 4 members (excludes halogenated alkanes) is 15. The molecule has 1 N–H and O–H groups in total. The van der Waals surface area contributed by atoms with Gasteiger partial charge >= 0.3 is 23.9 Å². The third-order valence-corrected chi connectivity index (χ3v) is 6.89. The second-order valence-electron chi connectivity index (χ2n) is 10.8. The first-order valence-electron chi connectivity index (χ1n) is 15.9. The van der Waals surface area contributed by atoms with Crippen LogP contribution < -0.4 is 0 Å². The van der Waals surface area contributed by atoms with Gasteiger partial charge in [-0.2, -0.15) is 0 Å². The first-order valence-corrected chi connectivity index (χ1v) is 15.9. The quantitative estimate of drug-likeness (QED) is 0.0409. The summed E-state index contributed by atoms with van der Waals surface area (Å²) in [4.78, 5) is 58.0. The Morgan fingerprint density at radius 2 is 1.07 bits per heavy atom. The van der Waals surface area contributed by atoms with E-state index >= 15 is 0 Å². The molecule has 0 fully saturated rings. The second kappa shape index (κ2) is 27.6. The molecule has 41 heavy (non-hydrogen) atoms. The van der Waals surface area contributed by atoms with Crippen molar-refractivity contribution < 1.29 is 38.5 Å². The average molecular weight is 586 g/mol. The largest absolute Gasteiger partial charge is 0.481 e. The van der Waals surface area contributed by atoms with Crippen molar-refractivity contribution in [3.63, 3.8) is 0 Å². The molecule has 0 aromatic rings. The number of ether oxygens (including phenoxy) is 3. The van der Waals surface area contributed by atoms with Crippen LogP contribution in [0.4, 0.5) is 0 Å². The van der Waals surface area contributed by atoms with Crippen LogP contribution >= 0.6 is 0 Å². The highest BCUT2D eigenvalue weighted by molar-refractivity contribution is 5.77. The number of esters is 3. The predicted molar refractivity (Wildman–Crippen MR) is 157 cm³/mol. The molecule has 0 heterocycles. The summed E-state index contributed by atoms with van der Waals surface area (Å²) in [6.07, 6.45) is 18.5. The van der Waals surface area contributed by atoms with Gasteiger partial charge in [-0.3, -0.25) is 14.4 Å². The summed E-state index contributed by atoms with van der Waals surface area (Å²) in [6.45, 7) is 3.48. The van der Waals surface area contributed by atoms with E-state index in [9.17, 15) is 24.1 Å². The van der Waals surface area contributed by atoms with E-state index in [1.807, 2.05) is 6.92 Å². The summed E-state index contributed by atoms with van der Waals surface area (Å²) in [7, 11) is 0. The van der Waals surface area contributed by atoms with Gasteiger partial charge in [-0.25, -0.2) is 4.79 Å². The predicted octanol–water partition coefficient (Wildman–Crippen LogP) is 7.44. The second-order valence-corrected chi connectivity index (χ2v) is 10.8. The van der Waals surface area contributed by atoms with Gasteiger partial charge in [0.15, 0.2) is 12.1 Å². The number of nitroso groups, excluding NO2 is 1. The van der Waals surface area contributed by atoms with Gasteiger partial charge in [-0.05, 0) is 19.3 Å². The van der Waals surface area contributed by atoms with Crippen molar-refractivity contribution in [2.75, 3.05) is 13.2 Å². The van der Waals surface area contributed by atoms with Crippen molar-refractivity contribution in [3.05, 3.63) is 4.91 Å². The van der Waals surface area contributed by atoms with Gasteiger partial charge in [0.1, 0.15) is 13.2 Å². The van der Waals surface area contributed by atoms with Crippen molar-refractivity contribution in [1.82, 2.24) is 0 Å². The van der Waals surface area contributed by atoms with E-state index in [4.69, 9.17) is 19.3 Å². The Morgan fingerprint density at radius 3 is 1.56 bits per heavy atom. The van der Waals surface area contributed by atoms with Gasteiger partial charge in [0.2, 0.25) is 0 Å². The smallest absolute Gasteiger partial charge is 0.334 e. The van der Waals surface area contributed by atoms with Gasteiger partial charge < -0.3 is 19.3 Å². The molecule has 0 aliphatic heterocycles. The minimum Gasteiger partial charge on any atom is -0.481 e. The van der Waals surface area contributed by atoms with E-state index in [0.29, 0.717) is 12.8 Å². The van der Waals surface area contributed by atoms with Crippen molar-refractivity contribution in [1.29, 1.82) is 0 Å². The van der Waals surface area contributed by atoms with Crippen LogP contribution in [0.1, 0.15) is 149 Å². The van der Waals surface area contributed by atoms with Gasteiger partial charge in [-0.15, -0.1) is 4.91 Å². The van der Waals surface area contributed by atoms with Gasteiger partial charge in [0.05, 0.1) is 0 Å². The van der Waals surface area contributed by atoms with E-state index in [1.165, 1.54) is 70.6 Å². The van der Waals surface area contributed by atoms with E-state index in [1.54, 1.807) is 0 Å². The molecule has 0 spiro atoms. The highest BCUT2D eigenvalue weighted by Gasteiger charge is 2.25. The number of carboxylic acid groups (broad SMARTS) is 1. The van der Waals surface area contributed by atoms with Crippen molar-refractivity contribution in [3.8, 4) is 0 Å². The normalized spacial score (nSPS) is 12.3. The minimum atomic E-state index is -1.48. The average Bonchev–Trinajstić information content (AvgIpc) is 2.95. The molecule has 0 aromatic carbocycles. The highest BCUT2D eigenvalue weighted by Crippen LogP contribution is 2.14. The first-order chi connectivity index (χ1) is 19.8. The molecular weight excluding hydrogens is 530 g/mol. The molecular formula is C31H55NO9. The van der Waals surface area contributed by atoms with E-state index < -0.39 is 49.1 Å².